The minimum atomic E-state index is -0.977. The Labute approximate surface area is 132 Å². The van der Waals surface area contributed by atoms with Crippen LogP contribution in [0.4, 0.5) is 10.1 Å². The molecule has 0 bridgehead atoms. The molecule has 2 amide bonds. The molecular weight excluding hydrogens is 303 g/mol. The third-order valence-corrected chi connectivity index (χ3v) is 4.57. The highest BCUT2D eigenvalue weighted by Gasteiger charge is 2.43. The van der Waals surface area contributed by atoms with Gasteiger partial charge >= 0.3 is 0 Å². The number of fused-ring (bicyclic) bond motifs is 1. The Hall–Kier alpha value is -2.51. The Morgan fingerprint density at radius 3 is 2.83 bits per heavy atom. The Morgan fingerprint density at radius 1 is 1.52 bits per heavy atom. The minimum Gasteiger partial charge on any atom is -0.466 e. The topological polar surface area (TPSA) is 97.9 Å². The molecule has 0 radical (unpaired) electrons. The summed E-state index contributed by atoms with van der Waals surface area (Å²) in [7, 11) is 0. The summed E-state index contributed by atoms with van der Waals surface area (Å²) in [5, 5.41) is 0. The number of carbonyl (C=O) groups excluding carboxylic acids is 2. The molecule has 0 atom stereocenters. The normalized spacial score (nSPS) is 27.1. The van der Waals surface area contributed by atoms with Gasteiger partial charge in [-0.2, -0.15) is 0 Å². The fraction of sp³-hybridized carbons (Fsp3) is 0.467. The molecule has 23 heavy (non-hydrogen) atoms. The van der Waals surface area contributed by atoms with E-state index in [1.165, 1.54) is 11.0 Å². The van der Waals surface area contributed by atoms with E-state index in [4.69, 9.17) is 10.5 Å². The lowest BCUT2D eigenvalue weighted by Gasteiger charge is -2.41. The molecule has 8 heteroatoms. The second-order valence-corrected chi connectivity index (χ2v) is 5.82. The molecule has 2 aliphatic rings. The van der Waals surface area contributed by atoms with Gasteiger partial charge in [-0.05, 0) is 32.4 Å². The van der Waals surface area contributed by atoms with E-state index in [1.807, 2.05) is 0 Å². The Morgan fingerprint density at radius 2 is 2.22 bits per heavy atom. The number of primary amides is 1. The molecule has 2 N–H and O–H groups in total. The maximum atomic E-state index is 13.5. The molecule has 0 unspecified atom stereocenters. The minimum absolute atomic E-state index is 0.136. The number of anilines is 1. The largest absolute Gasteiger partial charge is 0.466 e. The fourth-order valence-electron chi connectivity index (χ4n) is 3.25. The number of hydrogen-bond acceptors (Lipinski definition) is 5. The van der Waals surface area contributed by atoms with Gasteiger partial charge in [0.25, 0.3) is 5.91 Å². The molecule has 1 aromatic rings. The van der Waals surface area contributed by atoms with Gasteiger partial charge in [-0.25, -0.2) is 9.37 Å². The molecule has 1 aliphatic heterocycles. The van der Waals surface area contributed by atoms with Crippen molar-refractivity contribution in [1.29, 1.82) is 0 Å². The highest BCUT2D eigenvalue weighted by molar-refractivity contribution is 5.98. The lowest BCUT2D eigenvalue weighted by atomic mass is 9.78. The van der Waals surface area contributed by atoms with Gasteiger partial charge in [0, 0.05) is 12.1 Å². The highest BCUT2D eigenvalue weighted by Crippen LogP contribution is 2.39. The maximum Gasteiger partial charge on any atom is 0.265 e. The monoisotopic (exact) mass is 320 g/mol. The van der Waals surface area contributed by atoms with Gasteiger partial charge in [0.2, 0.25) is 11.8 Å². The molecular formula is C15H17FN4O3. The van der Waals surface area contributed by atoms with Crippen LogP contribution in [0.15, 0.2) is 17.3 Å². The van der Waals surface area contributed by atoms with Crippen LogP contribution in [0.1, 0.15) is 25.7 Å². The Balaban J connectivity index is 1.86. The number of aromatic nitrogens is 1. The molecule has 1 aromatic heterocycles. The summed E-state index contributed by atoms with van der Waals surface area (Å²) < 4.78 is 18.7. The van der Waals surface area contributed by atoms with Gasteiger partial charge in [0.1, 0.15) is 17.0 Å². The van der Waals surface area contributed by atoms with E-state index < -0.39 is 17.3 Å². The van der Waals surface area contributed by atoms with Gasteiger partial charge in [0.05, 0.1) is 6.20 Å². The van der Waals surface area contributed by atoms with Gasteiger partial charge < -0.3 is 15.4 Å². The molecule has 3 rings (SSSR count). The predicted octanol–water partition coefficient (Wildman–Crippen LogP) is 0.813. The molecule has 7 nitrogen and oxygen atoms in total. The molecule has 0 spiro atoms. The van der Waals surface area contributed by atoms with Crippen molar-refractivity contribution >= 4 is 24.2 Å². The summed E-state index contributed by atoms with van der Waals surface area (Å²) in [4.78, 5) is 33.2. The van der Waals surface area contributed by atoms with E-state index in [2.05, 4.69) is 16.7 Å². The standard InChI is InChI=1S/C15H17FN4O3/c1-18-15(14(17)22)4-2-10(3-5-15)20-11-6-9(16)7-19-13(11)23-8-12(20)21/h6-7,10H,1-5,8H2,(H2,17,22). The zero-order chi connectivity index (χ0) is 16.6. The van der Waals surface area contributed by atoms with Crippen LogP contribution in [0, 0.1) is 5.82 Å². The number of nitrogens with two attached hydrogens (primary N) is 1. The fourth-order valence-corrected chi connectivity index (χ4v) is 3.25. The quantitative estimate of drug-likeness (QED) is 0.833. The molecule has 1 fully saturated rings. The SMILES string of the molecule is C=NC1(C(N)=O)CCC(N2C(=O)COc3ncc(F)cc32)CC1. The number of halogens is 1. The van der Waals surface area contributed by atoms with Crippen LogP contribution in [-0.4, -0.2) is 41.7 Å². The lowest BCUT2D eigenvalue weighted by molar-refractivity contribution is -0.124. The van der Waals surface area contributed by atoms with Crippen LogP contribution in [0.5, 0.6) is 5.88 Å². The molecule has 0 saturated heterocycles. The van der Waals surface area contributed by atoms with Crippen LogP contribution < -0.4 is 15.4 Å². The Kier molecular flexibility index (Phi) is 3.75. The average Bonchev–Trinajstić information content (AvgIpc) is 2.55. The van der Waals surface area contributed by atoms with Crippen molar-refractivity contribution in [3.05, 3.63) is 18.1 Å². The van der Waals surface area contributed by atoms with E-state index in [1.54, 1.807) is 0 Å². The van der Waals surface area contributed by atoms with Crippen LogP contribution in [0.3, 0.4) is 0 Å². The molecule has 1 aliphatic carbocycles. The second kappa shape index (κ2) is 5.60. The lowest BCUT2D eigenvalue weighted by Crippen LogP contribution is -2.52. The first-order valence-electron chi connectivity index (χ1n) is 7.35. The average molecular weight is 320 g/mol. The summed E-state index contributed by atoms with van der Waals surface area (Å²) in [6.45, 7) is 3.33. The van der Waals surface area contributed by atoms with Crippen LogP contribution in [-0.2, 0) is 9.59 Å². The zero-order valence-electron chi connectivity index (χ0n) is 12.5. The van der Waals surface area contributed by atoms with E-state index in [0.29, 0.717) is 31.4 Å². The summed E-state index contributed by atoms with van der Waals surface area (Å²) >= 11 is 0. The summed E-state index contributed by atoms with van der Waals surface area (Å²) in [6, 6.07) is 1.06. The maximum absolute atomic E-state index is 13.5. The summed E-state index contributed by atoms with van der Waals surface area (Å²) in [5.74, 6) is -1.07. The summed E-state index contributed by atoms with van der Waals surface area (Å²) in [6.07, 6.45) is 2.89. The molecule has 1 saturated carbocycles. The van der Waals surface area contributed by atoms with Crippen molar-refractivity contribution in [2.75, 3.05) is 11.5 Å². The first-order chi connectivity index (χ1) is 11.0. The van der Waals surface area contributed by atoms with Gasteiger partial charge in [-0.1, -0.05) is 0 Å². The number of hydrogen-bond donors (Lipinski definition) is 1. The number of pyridine rings is 1. The number of ether oxygens (including phenoxy) is 1. The van der Waals surface area contributed by atoms with Crippen LogP contribution >= 0.6 is 0 Å². The third-order valence-electron chi connectivity index (χ3n) is 4.57. The highest BCUT2D eigenvalue weighted by atomic mass is 19.1. The van der Waals surface area contributed by atoms with Crippen molar-refractivity contribution < 1.29 is 18.7 Å². The molecule has 122 valence electrons. The van der Waals surface area contributed by atoms with Gasteiger partial charge in [-0.3, -0.25) is 14.6 Å². The van der Waals surface area contributed by atoms with E-state index in [-0.39, 0.29) is 24.4 Å². The summed E-state index contributed by atoms with van der Waals surface area (Å²) in [5.41, 5.74) is 4.77. The van der Waals surface area contributed by atoms with E-state index in [9.17, 15) is 14.0 Å². The van der Waals surface area contributed by atoms with E-state index in [0.717, 1.165) is 6.20 Å². The van der Waals surface area contributed by atoms with Crippen molar-refractivity contribution in [2.45, 2.75) is 37.3 Å². The number of nitrogens with zero attached hydrogens (tertiary/aromatic N) is 3. The van der Waals surface area contributed by atoms with Gasteiger partial charge in [0.15, 0.2) is 6.61 Å². The van der Waals surface area contributed by atoms with Crippen molar-refractivity contribution in [2.24, 2.45) is 10.7 Å². The first-order valence-corrected chi connectivity index (χ1v) is 7.35. The van der Waals surface area contributed by atoms with Crippen molar-refractivity contribution in [3.8, 4) is 5.88 Å². The number of aliphatic imine (C=N–C) groups is 1. The molecule has 0 aromatic carbocycles. The molecule has 2 heterocycles. The van der Waals surface area contributed by atoms with Crippen LogP contribution in [0.25, 0.3) is 0 Å². The first kappa shape index (κ1) is 15.4. The van der Waals surface area contributed by atoms with Crippen molar-refractivity contribution in [1.82, 2.24) is 4.98 Å². The van der Waals surface area contributed by atoms with E-state index >= 15 is 0 Å². The second-order valence-electron chi connectivity index (χ2n) is 5.82. The number of rotatable bonds is 3. The third kappa shape index (κ3) is 2.54. The number of carbonyl (C=O) groups is 2. The van der Waals surface area contributed by atoms with Crippen LogP contribution in [0.2, 0.25) is 0 Å². The van der Waals surface area contributed by atoms with Crippen molar-refractivity contribution in [3.63, 3.8) is 0 Å². The Bertz CT molecular complexity index is 671. The predicted molar refractivity (Wildman–Crippen MR) is 80.9 cm³/mol. The number of amides is 2. The smallest absolute Gasteiger partial charge is 0.265 e. The van der Waals surface area contributed by atoms with Gasteiger partial charge in [-0.15, -0.1) is 0 Å². The zero-order valence-corrected chi connectivity index (χ0v) is 12.5.